The number of rotatable bonds is 3. The summed E-state index contributed by atoms with van der Waals surface area (Å²) in [7, 11) is -2.02. The Morgan fingerprint density at radius 3 is 2.88 bits per heavy atom. The molecule has 2 heterocycles. The van der Waals surface area contributed by atoms with Gasteiger partial charge in [0.1, 0.15) is 6.29 Å². The second kappa shape index (κ2) is 3.99. The number of nitrogens with zero attached hydrogens (tertiary/aromatic N) is 3. The maximum atomic E-state index is 12.2. The summed E-state index contributed by atoms with van der Waals surface area (Å²) in [5.74, 6) is 0. The monoisotopic (exact) mass is 243 g/mol. The van der Waals surface area contributed by atoms with Crippen LogP contribution in [0.2, 0.25) is 0 Å². The number of aryl methyl sites for hydroxylation is 1. The van der Waals surface area contributed by atoms with Crippen molar-refractivity contribution in [3.8, 4) is 0 Å². The second-order valence-electron chi connectivity index (χ2n) is 3.78. The molecule has 7 heteroatoms. The molecule has 1 atom stereocenters. The van der Waals surface area contributed by atoms with E-state index < -0.39 is 16.1 Å². The van der Waals surface area contributed by atoms with Gasteiger partial charge in [0.15, 0.2) is 0 Å². The molecule has 1 aliphatic heterocycles. The Kier molecular flexibility index (Phi) is 2.81. The highest BCUT2D eigenvalue weighted by atomic mass is 32.2. The summed E-state index contributed by atoms with van der Waals surface area (Å²) in [6, 6.07) is -0.540. The Balaban J connectivity index is 2.40. The molecular weight excluding hydrogens is 230 g/mol. The van der Waals surface area contributed by atoms with E-state index in [1.54, 1.807) is 13.2 Å². The molecule has 1 aromatic heterocycles. The van der Waals surface area contributed by atoms with E-state index in [0.29, 0.717) is 25.7 Å². The Bertz CT molecular complexity index is 494. The molecule has 0 aliphatic carbocycles. The molecule has 0 unspecified atom stereocenters. The minimum Gasteiger partial charge on any atom is -0.324 e. The standard InChI is InChI=1S/C9H13N3O3S/c1-11-6-4-10-9(11)16(14,15)12-5-2-3-8(12)7-13/h4,6-8H,2-3,5H2,1H3/t8-/m1/s1. The largest absolute Gasteiger partial charge is 0.324 e. The lowest BCUT2D eigenvalue weighted by molar-refractivity contribution is -0.110. The Labute approximate surface area is 93.9 Å². The van der Waals surface area contributed by atoms with Gasteiger partial charge in [0.05, 0.1) is 6.04 Å². The molecule has 0 N–H and O–H groups in total. The van der Waals surface area contributed by atoms with Gasteiger partial charge in [-0.1, -0.05) is 0 Å². The van der Waals surface area contributed by atoms with Gasteiger partial charge in [-0.3, -0.25) is 0 Å². The zero-order valence-electron chi connectivity index (χ0n) is 8.91. The van der Waals surface area contributed by atoms with Crippen LogP contribution in [0.25, 0.3) is 0 Å². The molecule has 0 saturated carbocycles. The number of sulfonamides is 1. The van der Waals surface area contributed by atoms with Crippen LogP contribution >= 0.6 is 0 Å². The summed E-state index contributed by atoms with van der Waals surface area (Å²) in [6.07, 6.45) is 4.99. The molecule has 1 fully saturated rings. The molecular formula is C9H13N3O3S. The van der Waals surface area contributed by atoms with E-state index in [0.717, 1.165) is 0 Å². The van der Waals surface area contributed by atoms with Gasteiger partial charge in [-0.05, 0) is 12.8 Å². The van der Waals surface area contributed by atoms with Gasteiger partial charge >= 0.3 is 0 Å². The lowest BCUT2D eigenvalue weighted by Crippen LogP contribution is -2.37. The van der Waals surface area contributed by atoms with Crippen molar-refractivity contribution in [3.05, 3.63) is 12.4 Å². The minimum atomic E-state index is -3.63. The maximum Gasteiger partial charge on any atom is 0.277 e. The van der Waals surface area contributed by atoms with Crippen molar-refractivity contribution in [3.63, 3.8) is 0 Å². The zero-order valence-corrected chi connectivity index (χ0v) is 9.72. The van der Waals surface area contributed by atoms with Crippen LogP contribution in [0.15, 0.2) is 17.6 Å². The predicted octanol–water partition coefficient (Wildman–Crippen LogP) is -0.228. The lowest BCUT2D eigenvalue weighted by atomic mass is 10.2. The molecule has 1 aliphatic rings. The average molecular weight is 243 g/mol. The van der Waals surface area contributed by atoms with Gasteiger partial charge < -0.3 is 9.36 Å². The first-order valence-corrected chi connectivity index (χ1v) is 6.46. The van der Waals surface area contributed by atoms with Crippen LogP contribution < -0.4 is 0 Å². The van der Waals surface area contributed by atoms with E-state index in [1.165, 1.54) is 15.1 Å². The van der Waals surface area contributed by atoms with E-state index in [2.05, 4.69) is 4.98 Å². The van der Waals surface area contributed by atoms with Crippen LogP contribution in [0.3, 0.4) is 0 Å². The van der Waals surface area contributed by atoms with Crippen molar-refractivity contribution < 1.29 is 13.2 Å². The van der Waals surface area contributed by atoms with Crippen molar-refractivity contribution in [2.45, 2.75) is 24.0 Å². The van der Waals surface area contributed by atoms with Crippen LogP contribution in [0.1, 0.15) is 12.8 Å². The summed E-state index contributed by atoms with van der Waals surface area (Å²) >= 11 is 0. The van der Waals surface area contributed by atoms with Crippen LogP contribution in [0, 0.1) is 0 Å². The molecule has 1 saturated heterocycles. The van der Waals surface area contributed by atoms with Crippen molar-refractivity contribution in [1.82, 2.24) is 13.9 Å². The van der Waals surface area contributed by atoms with E-state index in [4.69, 9.17) is 0 Å². The fourth-order valence-corrected chi connectivity index (χ4v) is 3.62. The molecule has 2 rings (SSSR count). The fourth-order valence-electron chi connectivity index (χ4n) is 1.91. The molecule has 0 spiro atoms. The summed E-state index contributed by atoms with van der Waals surface area (Å²) in [5, 5.41) is -0.0127. The molecule has 1 aromatic rings. The first-order chi connectivity index (χ1) is 7.57. The highest BCUT2D eigenvalue weighted by Gasteiger charge is 2.37. The van der Waals surface area contributed by atoms with E-state index in [-0.39, 0.29) is 5.16 Å². The van der Waals surface area contributed by atoms with Crippen molar-refractivity contribution in [2.75, 3.05) is 6.54 Å². The number of imidazole rings is 1. The smallest absolute Gasteiger partial charge is 0.277 e. The normalized spacial score (nSPS) is 22.4. The SMILES string of the molecule is Cn1ccnc1S(=O)(=O)N1CCC[C@@H]1C=O. The Hall–Kier alpha value is -1.21. The molecule has 0 bridgehead atoms. The number of hydrogen-bond acceptors (Lipinski definition) is 4. The first-order valence-electron chi connectivity index (χ1n) is 5.02. The van der Waals surface area contributed by atoms with Crippen molar-refractivity contribution >= 4 is 16.3 Å². The third-order valence-electron chi connectivity index (χ3n) is 2.72. The zero-order chi connectivity index (χ0) is 11.8. The van der Waals surface area contributed by atoms with Crippen molar-refractivity contribution in [2.24, 2.45) is 7.05 Å². The number of aldehydes is 1. The third-order valence-corrected chi connectivity index (χ3v) is 4.65. The second-order valence-corrected chi connectivity index (χ2v) is 5.57. The Morgan fingerprint density at radius 1 is 1.56 bits per heavy atom. The van der Waals surface area contributed by atoms with Gasteiger partial charge in [0, 0.05) is 26.0 Å². The fraction of sp³-hybridized carbons (Fsp3) is 0.556. The lowest BCUT2D eigenvalue weighted by Gasteiger charge is -2.19. The molecule has 0 amide bonds. The average Bonchev–Trinajstić information content (AvgIpc) is 2.85. The van der Waals surface area contributed by atoms with Crippen LogP contribution in [0.4, 0.5) is 0 Å². The number of carbonyl (C=O) groups is 1. The van der Waals surface area contributed by atoms with Gasteiger partial charge in [-0.25, -0.2) is 13.4 Å². The van der Waals surface area contributed by atoms with Gasteiger partial charge in [-0.2, -0.15) is 4.31 Å². The van der Waals surface area contributed by atoms with E-state index in [9.17, 15) is 13.2 Å². The van der Waals surface area contributed by atoms with Crippen molar-refractivity contribution in [1.29, 1.82) is 0 Å². The molecule has 0 radical (unpaired) electrons. The van der Waals surface area contributed by atoms with Crippen LogP contribution in [-0.2, 0) is 21.9 Å². The third kappa shape index (κ3) is 1.65. The van der Waals surface area contributed by atoms with Crippen LogP contribution in [-0.4, -0.2) is 41.1 Å². The number of hydrogen-bond donors (Lipinski definition) is 0. The maximum absolute atomic E-state index is 12.2. The first kappa shape index (κ1) is 11.3. The molecule has 0 aromatic carbocycles. The van der Waals surface area contributed by atoms with E-state index in [1.807, 2.05) is 0 Å². The summed E-state index contributed by atoms with van der Waals surface area (Å²) < 4.78 is 27.0. The van der Waals surface area contributed by atoms with Gasteiger partial charge in [0.2, 0.25) is 5.16 Å². The summed E-state index contributed by atoms with van der Waals surface area (Å²) in [5.41, 5.74) is 0. The van der Waals surface area contributed by atoms with Gasteiger partial charge in [0.25, 0.3) is 10.0 Å². The van der Waals surface area contributed by atoms with Crippen LogP contribution in [0.5, 0.6) is 0 Å². The predicted molar refractivity (Wildman–Crippen MR) is 56.2 cm³/mol. The van der Waals surface area contributed by atoms with Gasteiger partial charge in [-0.15, -0.1) is 0 Å². The number of carbonyl (C=O) groups excluding carboxylic acids is 1. The molecule has 88 valence electrons. The molecule has 6 nitrogen and oxygen atoms in total. The minimum absolute atomic E-state index is 0.0127. The Morgan fingerprint density at radius 2 is 2.31 bits per heavy atom. The highest BCUT2D eigenvalue weighted by Crippen LogP contribution is 2.23. The molecule has 16 heavy (non-hydrogen) atoms. The summed E-state index contributed by atoms with van der Waals surface area (Å²) in [4.78, 5) is 14.6. The topological polar surface area (TPSA) is 72.3 Å². The quantitative estimate of drug-likeness (QED) is 0.688. The highest BCUT2D eigenvalue weighted by molar-refractivity contribution is 7.89. The van der Waals surface area contributed by atoms with E-state index >= 15 is 0 Å². The number of aromatic nitrogens is 2. The summed E-state index contributed by atoms with van der Waals surface area (Å²) in [6.45, 7) is 0.387.